The summed E-state index contributed by atoms with van der Waals surface area (Å²) in [6.07, 6.45) is 0. The zero-order valence-electron chi connectivity index (χ0n) is 12.0. The summed E-state index contributed by atoms with van der Waals surface area (Å²) in [5.41, 5.74) is 4.45. The van der Waals surface area contributed by atoms with Crippen LogP contribution in [0.4, 0.5) is 14.5 Å². The van der Waals surface area contributed by atoms with E-state index in [1.54, 1.807) is 13.8 Å². The monoisotopic (exact) mass is 306 g/mol. The number of sulfonamides is 1. The quantitative estimate of drug-likeness (QED) is 0.851. The van der Waals surface area contributed by atoms with Crippen molar-refractivity contribution in [1.29, 1.82) is 0 Å². The molecule has 20 heavy (non-hydrogen) atoms. The van der Waals surface area contributed by atoms with Gasteiger partial charge in [-0.05, 0) is 31.9 Å². The molecule has 0 amide bonds. The maximum atomic E-state index is 13.9. The number of nitrogens with zero attached hydrogens (tertiary/aromatic N) is 1. The Morgan fingerprint density at radius 1 is 1.20 bits per heavy atom. The van der Waals surface area contributed by atoms with Crippen LogP contribution in [0.15, 0.2) is 17.0 Å². The largest absolute Gasteiger partial charge is 0.394 e. The lowest BCUT2D eigenvalue weighted by atomic mass is 10.2. The molecule has 0 aliphatic carbocycles. The Morgan fingerprint density at radius 3 is 2.20 bits per heavy atom. The minimum atomic E-state index is -4.05. The SMILES string of the molecule is CC(C)CN(C(C)C)S(=O)(=O)c1ccc(F)c(N)c1F. The third-order valence-corrected chi connectivity index (χ3v) is 4.86. The van der Waals surface area contributed by atoms with Crippen molar-refractivity contribution >= 4 is 15.7 Å². The van der Waals surface area contributed by atoms with Gasteiger partial charge in [0, 0.05) is 12.6 Å². The molecular weight excluding hydrogens is 286 g/mol. The maximum absolute atomic E-state index is 13.9. The highest BCUT2D eigenvalue weighted by Crippen LogP contribution is 2.27. The first-order valence-electron chi connectivity index (χ1n) is 6.34. The minimum absolute atomic E-state index is 0.0769. The van der Waals surface area contributed by atoms with Gasteiger partial charge in [0.1, 0.15) is 16.4 Å². The van der Waals surface area contributed by atoms with Crippen molar-refractivity contribution in [2.45, 2.75) is 38.6 Å². The van der Waals surface area contributed by atoms with Crippen LogP contribution in [0.5, 0.6) is 0 Å². The van der Waals surface area contributed by atoms with Crippen LogP contribution in [-0.4, -0.2) is 25.3 Å². The van der Waals surface area contributed by atoms with Crippen molar-refractivity contribution in [3.8, 4) is 0 Å². The molecule has 0 aliphatic heterocycles. The minimum Gasteiger partial charge on any atom is -0.394 e. The second-order valence-electron chi connectivity index (χ2n) is 5.34. The number of hydrogen-bond donors (Lipinski definition) is 1. The summed E-state index contributed by atoms with van der Waals surface area (Å²) in [5, 5.41) is 0. The molecule has 0 bridgehead atoms. The first kappa shape index (κ1) is 16.8. The third-order valence-electron chi connectivity index (χ3n) is 2.80. The molecule has 4 nitrogen and oxygen atoms in total. The summed E-state index contributed by atoms with van der Waals surface area (Å²) in [4.78, 5) is -0.592. The maximum Gasteiger partial charge on any atom is 0.246 e. The fourth-order valence-corrected chi connectivity index (χ4v) is 3.70. The molecule has 2 N–H and O–H groups in total. The van der Waals surface area contributed by atoms with Crippen LogP contribution in [0.3, 0.4) is 0 Å². The van der Waals surface area contributed by atoms with E-state index < -0.39 is 32.2 Å². The van der Waals surface area contributed by atoms with Gasteiger partial charge in [0.2, 0.25) is 10.0 Å². The Bertz CT molecular complexity index is 586. The van der Waals surface area contributed by atoms with Gasteiger partial charge in [0.05, 0.1) is 0 Å². The molecule has 0 saturated carbocycles. The summed E-state index contributed by atoms with van der Waals surface area (Å²) in [6.45, 7) is 7.37. The normalized spacial score (nSPS) is 12.7. The van der Waals surface area contributed by atoms with Crippen LogP contribution in [-0.2, 0) is 10.0 Å². The predicted octanol–water partition coefficient (Wildman–Crippen LogP) is 2.60. The Hall–Kier alpha value is -1.21. The number of nitrogens with two attached hydrogens (primary N) is 1. The smallest absolute Gasteiger partial charge is 0.246 e. The van der Waals surface area contributed by atoms with E-state index >= 15 is 0 Å². The topological polar surface area (TPSA) is 63.4 Å². The molecule has 0 radical (unpaired) electrons. The van der Waals surface area contributed by atoms with Crippen LogP contribution < -0.4 is 5.73 Å². The van der Waals surface area contributed by atoms with E-state index in [1.165, 1.54) is 4.31 Å². The highest BCUT2D eigenvalue weighted by molar-refractivity contribution is 7.89. The number of halogens is 2. The van der Waals surface area contributed by atoms with Crippen LogP contribution in [0.25, 0.3) is 0 Å². The van der Waals surface area contributed by atoms with Gasteiger partial charge >= 0.3 is 0 Å². The fraction of sp³-hybridized carbons (Fsp3) is 0.538. The van der Waals surface area contributed by atoms with Gasteiger partial charge in [0.25, 0.3) is 0 Å². The molecule has 0 aromatic heterocycles. The van der Waals surface area contributed by atoms with E-state index in [-0.39, 0.29) is 18.5 Å². The molecule has 0 spiro atoms. The second kappa shape index (κ2) is 6.05. The number of rotatable bonds is 5. The Labute approximate surface area is 118 Å². The van der Waals surface area contributed by atoms with E-state index in [4.69, 9.17) is 5.73 Å². The van der Waals surface area contributed by atoms with Gasteiger partial charge in [-0.3, -0.25) is 0 Å². The van der Waals surface area contributed by atoms with E-state index in [2.05, 4.69) is 0 Å². The highest BCUT2D eigenvalue weighted by atomic mass is 32.2. The molecular formula is C13H20F2N2O2S. The second-order valence-corrected chi connectivity index (χ2v) is 7.19. The number of anilines is 1. The molecule has 1 aromatic carbocycles. The molecule has 0 heterocycles. The summed E-state index contributed by atoms with van der Waals surface area (Å²) >= 11 is 0. The molecule has 0 unspecified atom stereocenters. The van der Waals surface area contributed by atoms with Gasteiger partial charge in [-0.25, -0.2) is 17.2 Å². The predicted molar refractivity (Wildman–Crippen MR) is 74.6 cm³/mol. The molecule has 7 heteroatoms. The Morgan fingerprint density at radius 2 is 1.75 bits per heavy atom. The standard InChI is InChI=1S/C13H20F2N2O2S/c1-8(2)7-17(9(3)4)20(18,19)11-6-5-10(14)13(16)12(11)15/h5-6,8-9H,7,16H2,1-4H3. The summed E-state index contributed by atoms with van der Waals surface area (Å²) in [7, 11) is -4.05. The van der Waals surface area contributed by atoms with E-state index in [9.17, 15) is 17.2 Å². The van der Waals surface area contributed by atoms with Crippen molar-refractivity contribution < 1.29 is 17.2 Å². The lowest BCUT2D eigenvalue weighted by molar-refractivity contribution is 0.317. The number of hydrogen-bond acceptors (Lipinski definition) is 3. The van der Waals surface area contributed by atoms with Gasteiger partial charge in [-0.1, -0.05) is 13.8 Å². The summed E-state index contributed by atoms with van der Waals surface area (Å²) in [5.74, 6) is -2.13. The summed E-state index contributed by atoms with van der Waals surface area (Å²) in [6, 6.07) is 1.43. The van der Waals surface area contributed by atoms with Gasteiger partial charge in [0.15, 0.2) is 5.82 Å². The van der Waals surface area contributed by atoms with Gasteiger partial charge in [-0.15, -0.1) is 0 Å². The fourth-order valence-electron chi connectivity index (χ4n) is 1.82. The molecule has 0 fully saturated rings. The van der Waals surface area contributed by atoms with E-state index in [0.717, 1.165) is 12.1 Å². The number of nitrogen functional groups attached to an aromatic ring is 1. The average molecular weight is 306 g/mol. The lowest BCUT2D eigenvalue weighted by Gasteiger charge is -2.27. The van der Waals surface area contributed by atoms with Crippen molar-refractivity contribution in [3.63, 3.8) is 0 Å². The molecule has 114 valence electrons. The van der Waals surface area contributed by atoms with Crippen molar-refractivity contribution in [2.75, 3.05) is 12.3 Å². The van der Waals surface area contributed by atoms with E-state index in [0.29, 0.717) is 0 Å². The van der Waals surface area contributed by atoms with Crippen LogP contribution in [0, 0.1) is 17.6 Å². The van der Waals surface area contributed by atoms with Gasteiger partial charge in [-0.2, -0.15) is 4.31 Å². The van der Waals surface area contributed by atoms with Crippen molar-refractivity contribution in [2.24, 2.45) is 5.92 Å². The third kappa shape index (κ3) is 3.27. The van der Waals surface area contributed by atoms with Crippen molar-refractivity contribution in [1.82, 2.24) is 4.31 Å². The van der Waals surface area contributed by atoms with Crippen LogP contribution >= 0.6 is 0 Å². The lowest BCUT2D eigenvalue weighted by Crippen LogP contribution is -2.39. The zero-order valence-corrected chi connectivity index (χ0v) is 12.8. The summed E-state index contributed by atoms with van der Waals surface area (Å²) < 4.78 is 53.3. The Balaban J connectivity index is 3.38. The van der Waals surface area contributed by atoms with Crippen LogP contribution in [0.1, 0.15) is 27.7 Å². The molecule has 0 aliphatic rings. The molecule has 0 saturated heterocycles. The Kier molecular flexibility index (Phi) is 5.10. The van der Waals surface area contributed by atoms with Gasteiger partial charge < -0.3 is 5.73 Å². The highest BCUT2D eigenvalue weighted by Gasteiger charge is 2.31. The number of benzene rings is 1. The van der Waals surface area contributed by atoms with E-state index in [1.807, 2.05) is 13.8 Å². The first-order chi connectivity index (χ1) is 9.09. The van der Waals surface area contributed by atoms with Crippen molar-refractivity contribution in [3.05, 3.63) is 23.8 Å². The first-order valence-corrected chi connectivity index (χ1v) is 7.78. The zero-order chi connectivity index (χ0) is 15.7. The molecule has 0 atom stereocenters. The van der Waals surface area contributed by atoms with Crippen LogP contribution in [0.2, 0.25) is 0 Å². The molecule has 1 rings (SSSR count). The average Bonchev–Trinajstić information content (AvgIpc) is 2.32. The molecule has 1 aromatic rings.